The van der Waals surface area contributed by atoms with Crippen LogP contribution in [0.2, 0.25) is 78.6 Å². The molecule has 0 rings (SSSR count). The Hall–Kier alpha value is 1.41. The van der Waals surface area contributed by atoms with Gasteiger partial charge in [-0.25, -0.2) is 0 Å². The van der Waals surface area contributed by atoms with Gasteiger partial charge in [0.25, 0.3) is 0 Å². The summed E-state index contributed by atoms with van der Waals surface area (Å²) in [4.78, 5) is 0. The molecule has 0 aliphatic rings. The van der Waals surface area contributed by atoms with Crippen LogP contribution in [0.1, 0.15) is 20.8 Å². The first-order valence-corrected chi connectivity index (χ1v) is 27.9. The molecule has 0 saturated heterocycles. The van der Waals surface area contributed by atoms with Gasteiger partial charge in [-0.05, 0) is 97.0 Å². The van der Waals surface area contributed by atoms with Gasteiger partial charge in [-0.15, -0.1) is 23.5 Å². The number of rotatable bonds is 16. The zero-order valence-corrected chi connectivity index (χ0v) is 29.4. The highest BCUT2D eigenvalue weighted by Gasteiger charge is 2.45. The lowest BCUT2D eigenvalue weighted by Crippen LogP contribution is -2.59. The second kappa shape index (κ2) is 13.6. The third kappa shape index (κ3) is 15.4. The molecule has 4 atom stereocenters. The lowest BCUT2D eigenvalue weighted by Gasteiger charge is -2.46. The van der Waals surface area contributed by atoms with Gasteiger partial charge in [0.05, 0.1) is 29.0 Å². The highest BCUT2D eigenvalue weighted by Crippen LogP contribution is 2.36. The van der Waals surface area contributed by atoms with E-state index in [0.717, 1.165) is 11.5 Å². The van der Waals surface area contributed by atoms with Gasteiger partial charge >= 0.3 is 0 Å². The van der Waals surface area contributed by atoms with Crippen molar-refractivity contribution >= 4 is 56.8 Å². The van der Waals surface area contributed by atoms with Gasteiger partial charge in [-0.2, -0.15) is 0 Å². The molecular formula is C22H54O4S2Si4. The van der Waals surface area contributed by atoms with Crippen molar-refractivity contribution in [2.24, 2.45) is 0 Å². The quantitative estimate of drug-likeness (QED) is 0.143. The molecule has 0 aliphatic carbocycles. The molecule has 0 bridgehead atoms. The van der Waals surface area contributed by atoms with Crippen molar-refractivity contribution in [2.45, 2.75) is 128 Å². The smallest absolute Gasteiger partial charge is 0.184 e. The van der Waals surface area contributed by atoms with E-state index in [2.05, 4.69) is 99.3 Å². The van der Waals surface area contributed by atoms with Gasteiger partial charge in [-0.1, -0.05) is 13.8 Å². The molecule has 0 saturated carbocycles. The molecule has 4 nitrogen and oxygen atoms in total. The molecule has 0 unspecified atom stereocenters. The standard InChI is InChI=1S/C22H54O4S2Si4/c1-16-27-22(28-17-2)21(26-32(13,14)15)20(25-31(10,11)12)19(24-30(7,8)9)18(3)23-29(4,5)6/h18-22H,16-17H2,1-15H3/t18-,19+,20+,21-/m0/s1. The van der Waals surface area contributed by atoms with Crippen LogP contribution in [0.5, 0.6) is 0 Å². The Morgan fingerprint density at radius 2 is 0.812 bits per heavy atom. The zero-order valence-electron chi connectivity index (χ0n) is 23.8. The highest BCUT2D eigenvalue weighted by atomic mass is 32.2. The van der Waals surface area contributed by atoms with E-state index in [1.165, 1.54) is 0 Å². The molecule has 0 radical (unpaired) electrons. The first-order valence-electron chi connectivity index (χ1n) is 12.1. The average molecular weight is 559 g/mol. The second-order valence-corrected chi connectivity index (χ2v) is 33.3. The summed E-state index contributed by atoms with van der Waals surface area (Å²) < 4.78 is 27.8. The summed E-state index contributed by atoms with van der Waals surface area (Å²) in [5.74, 6) is 2.12. The van der Waals surface area contributed by atoms with E-state index in [9.17, 15) is 0 Å². The Morgan fingerprint density at radius 1 is 0.500 bits per heavy atom. The van der Waals surface area contributed by atoms with Crippen LogP contribution < -0.4 is 0 Å². The summed E-state index contributed by atoms with van der Waals surface area (Å²) in [5.41, 5.74) is 0. The molecule has 0 aromatic rings. The van der Waals surface area contributed by atoms with E-state index in [4.69, 9.17) is 17.7 Å². The van der Waals surface area contributed by atoms with E-state index < -0.39 is 33.3 Å². The Balaban J connectivity index is 6.60. The average Bonchev–Trinajstić information content (AvgIpc) is 2.51. The van der Waals surface area contributed by atoms with Gasteiger partial charge in [0, 0.05) is 0 Å². The van der Waals surface area contributed by atoms with Gasteiger partial charge in [0.1, 0.15) is 0 Å². The Morgan fingerprint density at radius 3 is 1.12 bits per heavy atom. The van der Waals surface area contributed by atoms with Crippen molar-refractivity contribution in [3.63, 3.8) is 0 Å². The fourth-order valence-electron chi connectivity index (χ4n) is 3.44. The summed E-state index contributed by atoms with van der Waals surface area (Å²) >= 11 is 3.97. The minimum Gasteiger partial charge on any atom is -0.412 e. The van der Waals surface area contributed by atoms with Gasteiger partial charge in [0.2, 0.25) is 0 Å². The van der Waals surface area contributed by atoms with Crippen LogP contribution >= 0.6 is 23.5 Å². The molecule has 10 heteroatoms. The fourth-order valence-corrected chi connectivity index (χ4v) is 10.9. The predicted molar refractivity (Wildman–Crippen MR) is 159 cm³/mol. The summed E-state index contributed by atoms with van der Waals surface area (Å²) in [6.45, 7) is 33.9. The third-order valence-electron chi connectivity index (χ3n) is 4.05. The number of hydrogen-bond donors (Lipinski definition) is 0. The van der Waals surface area contributed by atoms with E-state index in [-0.39, 0.29) is 24.4 Å². The van der Waals surface area contributed by atoms with Crippen molar-refractivity contribution < 1.29 is 17.7 Å². The second-order valence-electron chi connectivity index (χ2n) is 12.3. The summed E-state index contributed by atoms with van der Waals surface area (Å²) in [5, 5.41) is 0. The highest BCUT2D eigenvalue weighted by molar-refractivity contribution is 8.17. The molecule has 0 fully saturated rings. The fraction of sp³-hybridized carbons (Fsp3) is 1.00. The molecule has 194 valence electrons. The Labute approximate surface area is 213 Å². The van der Waals surface area contributed by atoms with Crippen LogP contribution in [0.15, 0.2) is 0 Å². The van der Waals surface area contributed by atoms with Crippen molar-refractivity contribution in [1.29, 1.82) is 0 Å². The van der Waals surface area contributed by atoms with Crippen LogP contribution in [0.3, 0.4) is 0 Å². The molecule has 0 aromatic carbocycles. The Bertz CT molecular complexity index is 522. The minimum atomic E-state index is -1.88. The minimum absolute atomic E-state index is 0.0303. The van der Waals surface area contributed by atoms with E-state index in [0.29, 0.717) is 4.58 Å². The molecule has 0 aliphatic heterocycles. The first kappa shape index (κ1) is 33.4. The van der Waals surface area contributed by atoms with Crippen molar-refractivity contribution in [3.8, 4) is 0 Å². The molecule has 0 aromatic heterocycles. The molecule has 32 heavy (non-hydrogen) atoms. The van der Waals surface area contributed by atoms with Gasteiger partial charge in [0.15, 0.2) is 33.3 Å². The van der Waals surface area contributed by atoms with Crippen LogP contribution in [0.4, 0.5) is 0 Å². The molecule has 0 amide bonds. The monoisotopic (exact) mass is 558 g/mol. The first-order chi connectivity index (χ1) is 14.2. The number of thioether (sulfide) groups is 2. The summed E-state index contributed by atoms with van der Waals surface area (Å²) in [6, 6.07) is 0. The lowest BCUT2D eigenvalue weighted by molar-refractivity contribution is -0.0688. The Kier molecular flexibility index (Phi) is 14.2. The topological polar surface area (TPSA) is 36.9 Å². The normalized spacial score (nSPS) is 18.0. The molecule has 0 heterocycles. The summed E-state index contributed by atoms with van der Waals surface area (Å²) in [6.07, 6.45) is -0.354. The SMILES string of the molecule is CCSC(SCC)[C@@H](O[Si](C)(C)C)[C@H](O[Si](C)(C)C)[C@H](O[Si](C)(C)C)[C@H](C)O[Si](C)(C)C. The predicted octanol–water partition coefficient (Wildman–Crippen LogP) is 7.72. The lowest BCUT2D eigenvalue weighted by atomic mass is 10.1. The maximum absolute atomic E-state index is 7.01. The van der Waals surface area contributed by atoms with E-state index in [1.807, 2.05) is 23.5 Å². The van der Waals surface area contributed by atoms with E-state index >= 15 is 0 Å². The number of hydrogen-bond acceptors (Lipinski definition) is 6. The van der Waals surface area contributed by atoms with Gasteiger partial charge in [-0.3, -0.25) is 0 Å². The van der Waals surface area contributed by atoms with E-state index in [1.54, 1.807) is 0 Å². The van der Waals surface area contributed by atoms with Crippen LogP contribution in [-0.4, -0.2) is 73.8 Å². The molecule has 0 spiro atoms. The van der Waals surface area contributed by atoms with Crippen molar-refractivity contribution in [2.75, 3.05) is 11.5 Å². The maximum Gasteiger partial charge on any atom is 0.184 e. The van der Waals surface area contributed by atoms with Crippen LogP contribution in [0, 0.1) is 0 Å². The molecular weight excluding hydrogens is 505 g/mol. The van der Waals surface area contributed by atoms with Gasteiger partial charge < -0.3 is 17.7 Å². The molecule has 0 N–H and O–H groups in total. The zero-order chi connectivity index (χ0) is 25.5. The maximum atomic E-state index is 7.01. The third-order valence-corrected chi connectivity index (χ3v) is 10.7. The van der Waals surface area contributed by atoms with Crippen molar-refractivity contribution in [1.82, 2.24) is 0 Å². The van der Waals surface area contributed by atoms with Crippen molar-refractivity contribution in [3.05, 3.63) is 0 Å². The van der Waals surface area contributed by atoms with Crippen LogP contribution in [0.25, 0.3) is 0 Å². The largest absolute Gasteiger partial charge is 0.412 e. The van der Waals surface area contributed by atoms with Crippen LogP contribution in [-0.2, 0) is 17.7 Å². The summed E-state index contributed by atoms with van der Waals surface area (Å²) in [7, 11) is -7.33.